The normalized spacial score (nSPS) is 10.5. The molecule has 0 fully saturated rings. The second kappa shape index (κ2) is 7.75. The van der Waals surface area contributed by atoms with Crippen molar-refractivity contribution in [3.63, 3.8) is 0 Å². The van der Waals surface area contributed by atoms with Crippen molar-refractivity contribution >= 4 is 34.5 Å². The van der Waals surface area contributed by atoms with Gasteiger partial charge in [0.1, 0.15) is 0 Å². The number of anilines is 2. The van der Waals surface area contributed by atoms with E-state index in [-0.39, 0.29) is 17.7 Å². The molecular formula is C17H20N2O2S. The molecule has 1 heterocycles. The summed E-state index contributed by atoms with van der Waals surface area (Å²) in [5.41, 5.74) is 1.36. The first-order chi connectivity index (χ1) is 10.6. The van der Waals surface area contributed by atoms with Gasteiger partial charge >= 0.3 is 0 Å². The largest absolute Gasteiger partial charge is 0.326 e. The van der Waals surface area contributed by atoms with Gasteiger partial charge in [-0.15, -0.1) is 11.3 Å². The number of hydrogen-bond donors (Lipinski definition) is 2. The van der Waals surface area contributed by atoms with Gasteiger partial charge in [0, 0.05) is 17.3 Å². The fraction of sp³-hybridized carbons (Fsp3) is 0.294. The standard InChI is InChI=1S/C17H20N2O2S/c1-3-12(4-2)16(20)18-13-7-5-8-14(11-13)19-17(21)15-9-6-10-22-15/h5-12H,3-4H2,1-2H3,(H,18,20)(H,19,21). The molecule has 0 radical (unpaired) electrons. The Morgan fingerprint density at radius 3 is 2.32 bits per heavy atom. The number of thiophene rings is 1. The van der Waals surface area contributed by atoms with Gasteiger partial charge in [-0.05, 0) is 42.5 Å². The average molecular weight is 316 g/mol. The summed E-state index contributed by atoms with van der Waals surface area (Å²) in [6.07, 6.45) is 1.63. The predicted molar refractivity (Wildman–Crippen MR) is 91.4 cm³/mol. The molecule has 1 aromatic carbocycles. The van der Waals surface area contributed by atoms with Crippen LogP contribution >= 0.6 is 11.3 Å². The van der Waals surface area contributed by atoms with Crippen molar-refractivity contribution in [2.24, 2.45) is 5.92 Å². The number of amides is 2. The first-order valence-corrected chi connectivity index (χ1v) is 8.27. The number of nitrogens with one attached hydrogen (secondary N) is 2. The van der Waals surface area contributed by atoms with Crippen molar-refractivity contribution in [1.29, 1.82) is 0 Å². The molecule has 116 valence electrons. The van der Waals surface area contributed by atoms with Gasteiger partial charge in [-0.25, -0.2) is 0 Å². The Bertz CT molecular complexity index is 634. The Hall–Kier alpha value is -2.14. The van der Waals surface area contributed by atoms with Crippen LogP contribution in [-0.2, 0) is 4.79 Å². The zero-order valence-corrected chi connectivity index (χ0v) is 13.6. The second-order valence-electron chi connectivity index (χ2n) is 5.01. The van der Waals surface area contributed by atoms with Crippen LogP contribution in [-0.4, -0.2) is 11.8 Å². The van der Waals surface area contributed by atoms with Crippen LogP contribution in [0.1, 0.15) is 36.4 Å². The first-order valence-electron chi connectivity index (χ1n) is 7.39. The number of hydrogen-bond acceptors (Lipinski definition) is 3. The lowest BCUT2D eigenvalue weighted by molar-refractivity contribution is -0.120. The molecule has 0 aliphatic heterocycles. The van der Waals surface area contributed by atoms with Gasteiger partial charge in [-0.1, -0.05) is 26.0 Å². The minimum Gasteiger partial charge on any atom is -0.326 e. The molecule has 0 spiro atoms. The molecule has 5 heteroatoms. The molecule has 0 saturated carbocycles. The van der Waals surface area contributed by atoms with E-state index in [2.05, 4.69) is 10.6 Å². The van der Waals surface area contributed by atoms with E-state index >= 15 is 0 Å². The van der Waals surface area contributed by atoms with Crippen LogP contribution in [0.2, 0.25) is 0 Å². The summed E-state index contributed by atoms with van der Waals surface area (Å²) < 4.78 is 0. The van der Waals surface area contributed by atoms with Gasteiger partial charge in [0.05, 0.1) is 4.88 Å². The number of carbonyl (C=O) groups is 2. The van der Waals surface area contributed by atoms with E-state index in [1.54, 1.807) is 18.2 Å². The van der Waals surface area contributed by atoms with E-state index in [0.717, 1.165) is 12.8 Å². The molecule has 4 nitrogen and oxygen atoms in total. The van der Waals surface area contributed by atoms with Gasteiger partial charge in [0.2, 0.25) is 5.91 Å². The van der Waals surface area contributed by atoms with E-state index in [0.29, 0.717) is 16.3 Å². The summed E-state index contributed by atoms with van der Waals surface area (Å²) in [4.78, 5) is 24.8. The van der Waals surface area contributed by atoms with Crippen LogP contribution in [0.15, 0.2) is 41.8 Å². The topological polar surface area (TPSA) is 58.2 Å². The maximum absolute atomic E-state index is 12.1. The summed E-state index contributed by atoms with van der Waals surface area (Å²) in [7, 11) is 0. The SMILES string of the molecule is CCC(CC)C(=O)Nc1cccc(NC(=O)c2cccs2)c1. The zero-order valence-electron chi connectivity index (χ0n) is 12.8. The molecule has 0 aliphatic rings. The maximum Gasteiger partial charge on any atom is 0.265 e. The molecular weight excluding hydrogens is 296 g/mol. The van der Waals surface area contributed by atoms with Crippen LogP contribution in [0.4, 0.5) is 11.4 Å². The highest BCUT2D eigenvalue weighted by Crippen LogP contribution is 2.19. The van der Waals surface area contributed by atoms with E-state index in [9.17, 15) is 9.59 Å². The van der Waals surface area contributed by atoms with Crippen molar-refractivity contribution in [1.82, 2.24) is 0 Å². The fourth-order valence-corrected chi connectivity index (χ4v) is 2.80. The molecule has 0 aliphatic carbocycles. The summed E-state index contributed by atoms with van der Waals surface area (Å²) in [5, 5.41) is 7.60. The van der Waals surface area contributed by atoms with Crippen LogP contribution in [0.25, 0.3) is 0 Å². The van der Waals surface area contributed by atoms with Gasteiger partial charge in [-0.3, -0.25) is 9.59 Å². The highest BCUT2D eigenvalue weighted by Gasteiger charge is 2.14. The molecule has 2 rings (SSSR count). The third kappa shape index (κ3) is 4.18. The molecule has 22 heavy (non-hydrogen) atoms. The fourth-order valence-electron chi connectivity index (χ4n) is 2.18. The quantitative estimate of drug-likeness (QED) is 0.831. The van der Waals surface area contributed by atoms with Gasteiger partial charge in [0.15, 0.2) is 0 Å². The van der Waals surface area contributed by atoms with E-state index in [1.165, 1.54) is 11.3 Å². The summed E-state index contributed by atoms with van der Waals surface area (Å²) >= 11 is 1.39. The van der Waals surface area contributed by atoms with Gasteiger partial charge in [-0.2, -0.15) is 0 Å². The van der Waals surface area contributed by atoms with Crippen LogP contribution in [0, 0.1) is 5.92 Å². The van der Waals surface area contributed by atoms with Crippen molar-refractivity contribution in [2.45, 2.75) is 26.7 Å². The third-order valence-electron chi connectivity index (χ3n) is 3.49. The molecule has 0 bridgehead atoms. The lowest BCUT2D eigenvalue weighted by Crippen LogP contribution is -2.21. The molecule has 1 aromatic heterocycles. The van der Waals surface area contributed by atoms with Crippen molar-refractivity contribution in [2.75, 3.05) is 10.6 Å². The Morgan fingerprint density at radius 2 is 1.73 bits per heavy atom. The van der Waals surface area contributed by atoms with Crippen LogP contribution in [0.5, 0.6) is 0 Å². The van der Waals surface area contributed by atoms with Crippen molar-refractivity contribution in [3.05, 3.63) is 46.7 Å². The first kappa shape index (κ1) is 16.2. The minimum absolute atomic E-state index is 0.0179. The van der Waals surface area contributed by atoms with Gasteiger partial charge in [0.25, 0.3) is 5.91 Å². The molecule has 2 N–H and O–H groups in total. The Kier molecular flexibility index (Phi) is 5.72. The number of benzene rings is 1. The zero-order chi connectivity index (χ0) is 15.9. The van der Waals surface area contributed by atoms with Gasteiger partial charge < -0.3 is 10.6 Å². The summed E-state index contributed by atoms with van der Waals surface area (Å²) in [5.74, 6) is -0.102. The highest BCUT2D eigenvalue weighted by molar-refractivity contribution is 7.12. The second-order valence-corrected chi connectivity index (χ2v) is 5.96. The maximum atomic E-state index is 12.1. The Labute approximate surface area is 134 Å². The molecule has 0 unspecified atom stereocenters. The molecule has 0 saturated heterocycles. The van der Waals surface area contributed by atoms with E-state index < -0.39 is 0 Å². The van der Waals surface area contributed by atoms with Crippen LogP contribution < -0.4 is 10.6 Å². The smallest absolute Gasteiger partial charge is 0.265 e. The Morgan fingerprint density at radius 1 is 1.05 bits per heavy atom. The average Bonchev–Trinajstić information content (AvgIpc) is 3.03. The minimum atomic E-state index is -0.140. The number of rotatable bonds is 6. The summed E-state index contributed by atoms with van der Waals surface area (Å²) in [6.45, 7) is 4.01. The molecule has 0 atom stereocenters. The highest BCUT2D eigenvalue weighted by atomic mass is 32.1. The Balaban J connectivity index is 2.04. The van der Waals surface area contributed by atoms with Crippen molar-refractivity contribution < 1.29 is 9.59 Å². The monoisotopic (exact) mass is 316 g/mol. The predicted octanol–water partition coefficient (Wildman–Crippen LogP) is 4.38. The van der Waals surface area contributed by atoms with Crippen LogP contribution in [0.3, 0.4) is 0 Å². The third-order valence-corrected chi connectivity index (χ3v) is 4.36. The lowest BCUT2D eigenvalue weighted by atomic mass is 10.0. The summed E-state index contributed by atoms with van der Waals surface area (Å²) in [6, 6.07) is 10.8. The molecule has 2 aromatic rings. The van der Waals surface area contributed by atoms with Crippen molar-refractivity contribution in [3.8, 4) is 0 Å². The lowest BCUT2D eigenvalue weighted by Gasteiger charge is -2.13. The van der Waals surface area contributed by atoms with E-state index in [4.69, 9.17) is 0 Å². The number of carbonyl (C=O) groups excluding carboxylic acids is 2. The van der Waals surface area contributed by atoms with E-state index in [1.807, 2.05) is 37.4 Å². The molecule has 2 amide bonds.